The zero-order valence-corrected chi connectivity index (χ0v) is 11.8. The lowest BCUT2D eigenvalue weighted by atomic mass is 9.95. The van der Waals surface area contributed by atoms with Crippen molar-refractivity contribution in [2.45, 2.75) is 45.1 Å². The summed E-state index contributed by atoms with van der Waals surface area (Å²) in [5.41, 5.74) is 4.99. The van der Waals surface area contributed by atoms with Gasteiger partial charge in [-0.2, -0.15) is 0 Å². The maximum atomic E-state index is 12.0. The van der Waals surface area contributed by atoms with Crippen LogP contribution in [0.4, 0.5) is 4.79 Å². The average Bonchev–Trinajstić information content (AvgIpc) is 2.42. The van der Waals surface area contributed by atoms with Crippen molar-refractivity contribution in [2.75, 3.05) is 13.1 Å². The van der Waals surface area contributed by atoms with E-state index in [-0.39, 0.29) is 18.9 Å². The predicted octanol–water partition coefficient (Wildman–Crippen LogP) is 0.537. The summed E-state index contributed by atoms with van der Waals surface area (Å²) in [6.07, 6.45) is 2.95. The molecule has 1 rings (SSSR count). The summed E-state index contributed by atoms with van der Waals surface area (Å²) in [6.45, 7) is 3.42. The maximum Gasteiger partial charge on any atom is 0.326 e. The molecular formula is C13H23N3O4. The fraction of sp³-hybridized carbons (Fsp3) is 0.769. The number of hydrogen-bond acceptors (Lipinski definition) is 3. The molecule has 0 saturated carbocycles. The van der Waals surface area contributed by atoms with Gasteiger partial charge in [-0.15, -0.1) is 0 Å². The molecule has 7 nitrogen and oxygen atoms in total. The van der Waals surface area contributed by atoms with Crippen LogP contribution in [0.25, 0.3) is 0 Å². The number of carbonyl (C=O) groups is 3. The fourth-order valence-electron chi connectivity index (χ4n) is 2.33. The second kappa shape index (κ2) is 7.72. The molecule has 1 saturated heterocycles. The summed E-state index contributed by atoms with van der Waals surface area (Å²) in [5, 5.41) is 11.5. The van der Waals surface area contributed by atoms with Crippen molar-refractivity contribution in [1.29, 1.82) is 0 Å². The Bertz CT molecular complexity index is 365. The van der Waals surface area contributed by atoms with E-state index in [1.807, 2.05) is 0 Å². The summed E-state index contributed by atoms with van der Waals surface area (Å²) in [5.74, 6) is -1.08. The van der Waals surface area contributed by atoms with Crippen molar-refractivity contribution in [3.8, 4) is 0 Å². The monoisotopic (exact) mass is 285 g/mol. The Hall–Kier alpha value is -1.79. The van der Waals surface area contributed by atoms with E-state index in [0.717, 1.165) is 19.3 Å². The van der Waals surface area contributed by atoms with Crippen molar-refractivity contribution in [3.63, 3.8) is 0 Å². The van der Waals surface area contributed by atoms with Crippen LogP contribution in [0.1, 0.15) is 39.0 Å². The number of hydrogen-bond donors (Lipinski definition) is 3. The molecule has 114 valence electrons. The van der Waals surface area contributed by atoms with Crippen LogP contribution in [0, 0.1) is 5.92 Å². The highest BCUT2D eigenvalue weighted by Gasteiger charge is 2.26. The fourth-order valence-corrected chi connectivity index (χ4v) is 2.33. The van der Waals surface area contributed by atoms with Crippen molar-refractivity contribution in [2.24, 2.45) is 11.7 Å². The Labute approximate surface area is 118 Å². The van der Waals surface area contributed by atoms with Crippen LogP contribution in [0.3, 0.4) is 0 Å². The van der Waals surface area contributed by atoms with E-state index in [1.165, 1.54) is 0 Å². The van der Waals surface area contributed by atoms with E-state index >= 15 is 0 Å². The summed E-state index contributed by atoms with van der Waals surface area (Å²) in [6, 6.07) is -1.45. The van der Waals surface area contributed by atoms with E-state index in [4.69, 9.17) is 10.8 Å². The van der Waals surface area contributed by atoms with Gasteiger partial charge in [0.1, 0.15) is 6.04 Å². The van der Waals surface area contributed by atoms with Gasteiger partial charge < -0.3 is 21.1 Å². The number of likely N-dealkylation sites (tertiary alicyclic amines) is 1. The van der Waals surface area contributed by atoms with Crippen molar-refractivity contribution < 1.29 is 19.5 Å². The molecule has 1 aliphatic heterocycles. The number of carboxylic acid groups (broad SMARTS) is 1. The zero-order chi connectivity index (χ0) is 15.1. The van der Waals surface area contributed by atoms with Gasteiger partial charge in [0.25, 0.3) is 0 Å². The van der Waals surface area contributed by atoms with E-state index in [2.05, 4.69) is 12.2 Å². The van der Waals surface area contributed by atoms with Crippen LogP contribution >= 0.6 is 0 Å². The normalized spacial score (nSPS) is 17.6. The Morgan fingerprint density at radius 2 is 1.95 bits per heavy atom. The molecule has 0 radical (unpaired) electrons. The summed E-state index contributed by atoms with van der Waals surface area (Å²) < 4.78 is 0. The second-order valence-corrected chi connectivity index (χ2v) is 5.18. The number of piperidine rings is 1. The molecule has 0 spiro atoms. The lowest BCUT2D eigenvalue weighted by molar-refractivity contribution is -0.139. The summed E-state index contributed by atoms with van der Waals surface area (Å²) >= 11 is 0. The van der Waals surface area contributed by atoms with E-state index < -0.39 is 17.9 Å². The van der Waals surface area contributed by atoms with Gasteiger partial charge >= 0.3 is 12.0 Å². The second-order valence-electron chi connectivity index (χ2n) is 5.18. The molecule has 1 fully saturated rings. The lowest BCUT2D eigenvalue weighted by Crippen LogP contribution is -2.50. The van der Waals surface area contributed by atoms with Gasteiger partial charge in [-0.1, -0.05) is 13.3 Å². The first-order chi connectivity index (χ1) is 9.43. The molecule has 3 amide bonds. The third-order valence-corrected chi connectivity index (χ3v) is 3.75. The Kier molecular flexibility index (Phi) is 6.27. The molecule has 0 aliphatic carbocycles. The first kappa shape index (κ1) is 16.3. The largest absolute Gasteiger partial charge is 0.480 e. The van der Waals surface area contributed by atoms with E-state index in [9.17, 15) is 14.4 Å². The van der Waals surface area contributed by atoms with Gasteiger partial charge in [-0.25, -0.2) is 9.59 Å². The van der Waals surface area contributed by atoms with Crippen molar-refractivity contribution in [3.05, 3.63) is 0 Å². The summed E-state index contributed by atoms with van der Waals surface area (Å²) in [4.78, 5) is 35.4. The molecular weight excluding hydrogens is 262 g/mol. The van der Waals surface area contributed by atoms with Gasteiger partial charge in [0, 0.05) is 19.5 Å². The molecule has 1 unspecified atom stereocenters. The highest BCUT2D eigenvalue weighted by Crippen LogP contribution is 2.19. The molecule has 0 aromatic heterocycles. The van der Waals surface area contributed by atoms with Gasteiger partial charge in [-0.3, -0.25) is 4.79 Å². The zero-order valence-electron chi connectivity index (χ0n) is 11.8. The average molecular weight is 285 g/mol. The van der Waals surface area contributed by atoms with Gasteiger partial charge in [0.05, 0.1) is 0 Å². The Balaban J connectivity index is 2.45. The SMILES string of the molecule is CCC1CCN(C(=O)NC(CCC(N)=O)C(=O)O)CC1. The molecule has 0 aromatic rings. The lowest BCUT2D eigenvalue weighted by Gasteiger charge is -2.32. The molecule has 0 bridgehead atoms. The topological polar surface area (TPSA) is 113 Å². The Morgan fingerprint density at radius 1 is 1.35 bits per heavy atom. The quantitative estimate of drug-likeness (QED) is 0.661. The standard InChI is InChI=1S/C13H23N3O4/c1-2-9-5-7-16(8-6-9)13(20)15-10(12(18)19)3-4-11(14)17/h9-10H,2-8H2,1H3,(H2,14,17)(H,15,20)(H,18,19). The molecule has 1 aliphatic rings. The van der Waals surface area contributed by atoms with Gasteiger partial charge in [0.15, 0.2) is 0 Å². The maximum absolute atomic E-state index is 12.0. The third-order valence-electron chi connectivity index (χ3n) is 3.75. The van der Waals surface area contributed by atoms with Crippen molar-refractivity contribution in [1.82, 2.24) is 10.2 Å². The number of primary amides is 1. The predicted molar refractivity (Wildman–Crippen MR) is 73.0 cm³/mol. The number of nitrogens with zero attached hydrogens (tertiary/aromatic N) is 1. The minimum Gasteiger partial charge on any atom is -0.480 e. The van der Waals surface area contributed by atoms with Crippen LogP contribution in [-0.4, -0.2) is 47.0 Å². The Morgan fingerprint density at radius 3 is 2.40 bits per heavy atom. The van der Waals surface area contributed by atoms with Crippen LogP contribution in [0.15, 0.2) is 0 Å². The van der Waals surface area contributed by atoms with E-state index in [1.54, 1.807) is 4.90 Å². The van der Waals surface area contributed by atoms with Crippen LogP contribution in [0.2, 0.25) is 0 Å². The van der Waals surface area contributed by atoms with Gasteiger partial charge in [-0.05, 0) is 25.2 Å². The molecule has 7 heteroatoms. The first-order valence-electron chi connectivity index (χ1n) is 7.00. The number of carbonyl (C=O) groups excluding carboxylic acids is 2. The highest BCUT2D eigenvalue weighted by molar-refractivity contribution is 5.83. The van der Waals surface area contributed by atoms with Crippen LogP contribution in [-0.2, 0) is 9.59 Å². The molecule has 20 heavy (non-hydrogen) atoms. The van der Waals surface area contributed by atoms with E-state index in [0.29, 0.717) is 19.0 Å². The highest BCUT2D eigenvalue weighted by atomic mass is 16.4. The van der Waals surface area contributed by atoms with Crippen LogP contribution in [0.5, 0.6) is 0 Å². The number of aliphatic carboxylic acids is 1. The smallest absolute Gasteiger partial charge is 0.326 e. The number of urea groups is 1. The van der Waals surface area contributed by atoms with Crippen molar-refractivity contribution >= 4 is 17.9 Å². The number of rotatable bonds is 6. The number of nitrogens with one attached hydrogen (secondary N) is 1. The van der Waals surface area contributed by atoms with Gasteiger partial charge in [0.2, 0.25) is 5.91 Å². The minimum atomic E-state index is -1.15. The van der Waals surface area contributed by atoms with Crippen LogP contribution < -0.4 is 11.1 Å². The molecule has 1 heterocycles. The molecule has 4 N–H and O–H groups in total. The number of nitrogens with two attached hydrogens (primary N) is 1. The number of carboxylic acids is 1. The summed E-state index contributed by atoms with van der Waals surface area (Å²) in [7, 11) is 0. The third kappa shape index (κ3) is 5.07. The first-order valence-corrected chi connectivity index (χ1v) is 7.00. The minimum absolute atomic E-state index is 0.0157. The molecule has 1 atom stereocenters. The number of amides is 3. The molecule has 0 aromatic carbocycles.